The van der Waals surface area contributed by atoms with Gasteiger partial charge < -0.3 is 5.32 Å². The second-order valence-corrected chi connectivity index (χ2v) is 7.35. The Morgan fingerprint density at radius 1 is 1.44 bits per heavy atom. The summed E-state index contributed by atoms with van der Waals surface area (Å²) >= 11 is 5.04. The van der Waals surface area contributed by atoms with Gasteiger partial charge in [0.2, 0.25) is 5.91 Å². The first kappa shape index (κ1) is 13.8. The summed E-state index contributed by atoms with van der Waals surface area (Å²) in [6, 6.07) is 4.35. The minimum atomic E-state index is 0.0262. The van der Waals surface area contributed by atoms with Gasteiger partial charge in [0, 0.05) is 17.0 Å². The van der Waals surface area contributed by atoms with Crippen molar-refractivity contribution in [1.29, 1.82) is 0 Å². The van der Waals surface area contributed by atoms with Gasteiger partial charge in [-0.25, -0.2) is 0 Å². The molecule has 4 heteroatoms. The summed E-state index contributed by atoms with van der Waals surface area (Å²) < 4.78 is 1.09. The van der Waals surface area contributed by atoms with Crippen LogP contribution in [0, 0.1) is 5.92 Å². The summed E-state index contributed by atoms with van der Waals surface area (Å²) in [6.45, 7) is 2.23. The number of hydrogen-bond acceptors (Lipinski definition) is 2. The lowest BCUT2D eigenvalue weighted by Crippen LogP contribution is -2.40. The summed E-state index contributed by atoms with van der Waals surface area (Å²) in [4.78, 5) is 12.9. The minimum absolute atomic E-state index is 0.0262. The van der Waals surface area contributed by atoms with Crippen LogP contribution in [0.2, 0.25) is 0 Å². The molecule has 2 unspecified atom stereocenters. The van der Waals surface area contributed by atoms with Crippen molar-refractivity contribution >= 4 is 39.2 Å². The molecule has 2 rings (SSSR count). The van der Waals surface area contributed by atoms with E-state index in [1.807, 2.05) is 18.2 Å². The largest absolute Gasteiger partial charge is 0.350 e. The van der Waals surface area contributed by atoms with Gasteiger partial charge in [0.25, 0.3) is 0 Å². The average molecular weight is 328 g/mol. The molecule has 2 nitrogen and oxygen atoms in total. The molecule has 1 aromatic rings. The maximum absolute atomic E-state index is 11.8. The number of carbonyl (C=O) groups is 1. The highest BCUT2D eigenvalue weighted by Crippen LogP contribution is 2.24. The topological polar surface area (TPSA) is 29.1 Å². The Bertz CT molecular complexity index is 441. The summed E-state index contributed by atoms with van der Waals surface area (Å²) in [5.74, 6) is 0.630. The Labute approximate surface area is 121 Å². The summed E-state index contributed by atoms with van der Waals surface area (Å²) in [7, 11) is 0. The Balaban J connectivity index is 1.86. The molecule has 0 aromatic carbocycles. The van der Waals surface area contributed by atoms with E-state index in [9.17, 15) is 4.79 Å². The highest BCUT2D eigenvalue weighted by molar-refractivity contribution is 9.11. The highest BCUT2D eigenvalue weighted by atomic mass is 79.9. The lowest BCUT2D eigenvalue weighted by molar-refractivity contribution is -0.117. The van der Waals surface area contributed by atoms with Gasteiger partial charge in [0.1, 0.15) is 0 Å². The molecule has 1 N–H and O–H groups in total. The third kappa shape index (κ3) is 3.95. The van der Waals surface area contributed by atoms with E-state index >= 15 is 0 Å². The van der Waals surface area contributed by atoms with Crippen LogP contribution in [-0.4, -0.2) is 11.9 Å². The van der Waals surface area contributed by atoms with E-state index in [1.54, 1.807) is 17.4 Å². The number of rotatable bonds is 3. The maximum atomic E-state index is 11.8. The van der Waals surface area contributed by atoms with Crippen molar-refractivity contribution in [3.8, 4) is 0 Å². The summed E-state index contributed by atoms with van der Waals surface area (Å²) in [5.41, 5.74) is 0. The molecule has 1 fully saturated rings. The third-order valence-electron chi connectivity index (χ3n) is 3.43. The molecule has 1 aliphatic carbocycles. The fourth-order valence-electron chi connectivity index (χ4n) is 2.34. The van der Waals surface area contributed by atoms with Gasteiger partial charge in [0.05, 0.1) is 3.79 Å². The Kier molecular flexibility index (Phi) is 5.01. The molecule has 0 spiro atoms. The Hall–Kier alpha value is -0.610. The molecule has 1 saturated carbocycles. The molecule has 0 radical (unpaired) electrons. The lowest BCUT2D eigenvalue weighted by Gasteiger charge is -2.29. The van der Waals surface area contributed by atoms with Gasteiger partial charge in [0.15, 0.2) is 0 Å². The van der Waals surface area contributed by atoms with Gasteiger partial charge in [-0.2, -0.15) is 0 Å². The van der Waals surface area contributed by atoms with Gasteiger partial charge in [-0.15, -0.1) is 11.3 Å². The van der Waals surface area contributed by atoms with Crippen LogP contribution in [0.5, 0.6) is 0 Å². The minimum Gasteiger partial charge on any atom is -0.350 e. The predicted octanol–water partition coefficient (Wildman–Crippen LogP) is 4.22. The zero-order chi connectivity index (χ0) is 13.0. The first-order chi connectivity index (χ1) is 8.65. The molecule has 1 aliphatic rings. The average Bonchev–Trinajstić information content (AvgIpc) is 2.76. The van der Waals surface area contributed by atoms with Crippen molar-refractivity contribution in [2.75, 3.05) is 0 Å². The van der Waals surface area contributed by atoms with Crippen molar-refractivity contribution in [3.63, 3.8) is 0 Å². The quantitative estimate of drug-likeness (QED) is 0.827. The van der Waals surface area contributed by atoms with Crippen molar-refractivity contribution in [2.24, 2.45) is 5.92 Å². The number of thiophene rings is 1. The van der Waals surface area contributed by atoms with E-state index in [4.69, 9.17) is 0 Å². The van der Waals surface area contributed by atoms with Crippen LogP contribution in [0.15, 0.2) is 22.0 Å². The van der Waals surface area contributed by atoms with Crippen LogP contribution in [0.4, 0.5) is 0 Å². The van der Waals surface area contributed by atoms with E-state index in [1.165, 1.54) is 19.3 Å². The zero-order valence-corrected chi connectivity index (χ0v) is 12.9. The van der Waals surface area contributed by atoms with Crippen LogP contribution in [0.1, 0.15) is 37.5 Å². The molecule has 1 aromatic heterocycles. The van der Waals surface area contributed by atoms with Gasteiger partial charge in [-0.05, 0) is 52.9 Å². The second-order valence-electron chi connectivity index (χ2n) is 4.85. The smallest absolute Gasteiger partial charge is 0.244 e. The lowest BCUT2D eigenvalue weighted by atomic mass is 9.86. The van der Waals surface area contributed by atoms with E-state index in [-0.39, 0.29) is 5.91 Å². The molecular weight excluding hydrogens is 310 g/mol. The Morgan fingerprint density at radius 3 is 2.89 bits per heavy atom. The first-order valence-corrected chi connectivity index (χ1v) is 8.00. The van der Waals surface area contributed by atoms with Crippen molar-refractivity contribution in [3.05, 3.63) is 26.9 Å². The van der Waals surface area contributed by atoms with Crippen molar-refractivity contribution < 1.29 is 4.79 Å². The molecule has 0 bridgehead atoms. The van der Waals surface area contributed by atoms with Crippen LogP contribution < -0.4 is 5.32 Å². The van der Waals surface area contributed by atoms with Gasteiger partial charge in [-0.3, -0.25) is 4.79 Å². The van der Waals surface area contributed by atoms with E-state index in [0.29, 0.717) is 12.0 Å². The van der Waals surface area contributed by atoms with E-state index in [0.717, 1.165) is 15.1 Å². The first-order valence-electron chi connectivity index (χ1n) is 6.39. The SMILES string of the molecule is CC1CCCCC1NC(=O)/C=C/c1ccc(Br)s1. The standard InChI is InChI=1S/C14H18BrNOS/c1-10-4-2-3-5-12(10)16-14(17)9-7-11-6-8-13(15)18-11/h6-10,12H,2-5H2,1H3,(H,16,17)/b9-7+. The molecule has 98 valence electrons. The molecule has 0 saturated heterocycles. The number of nitrogens with one attached hydrogen (secondary N) is 1. The number of amides is 1. The van der Waals surface area contributed by atoms with Gasteiger partial charge >= 0.3 is 0 Å². The van der Waals surface area contributed by atoms with E-state index in [2.05, 4.69) is 28.2 Å². The molecule has 2 atom stereocenters. The monoisotopic (exact) mass is 327 g/mol. The van der Waals surface area contributed by atoms with Crippen LogP contribution >= 0.6 is 27.3 Å². The number of carbonyl (C=O) groups excluding carboxylic acids is 1. The Morgan fingerprint density at radius 2 is 2.22 bits per heavy atom. The zero-order valence-electron chi connectivity index (χ0n) is 10.5. The molecule has 1 heterocycles. The molecule has 18 heavy (non-hydrogen) atoms. The van der Waals surface area contributed by atoms with Crippen molar-refractivity contribution in [2.45, 2.75) is 38.6 Å². The maximum Gasteiger partial charge on any atom is 0.244 e. The summed E-state index contributed by atoms with van der Waals surface area (Å²) in [5, 5.41) is 3.11. The van der Waals surface area contributed by atoms with E-state index < -0.39 is 0 Å². The van der Waals surface area contributed by atoms with Crippen LogP contribution in [-0.2, 0) is 4.79 Å². The van der Waals surface area contributed by atoms with Gasteiger partial charge in [-0.1, -0.05) is 19.8 Å². The fraction of sp³-hybridized carbons (Fsp3) is 0.500. The highest BCUT2D eigenvalue weighted by Gasteiger charge is 2.21. The molecule has 0 aliphatic heterocycles. The molecule has 1 amide bonds. The van der Waals surface area contributed by atoms with Crippen molar-refractivity contribution in [1.82, 2.24) is 5.32 Å². The van der Waals surface area contributed by atoms with Crippen LogP contribution in [0.3, 0.4) is 0 Å². The normalized spacial score (nSPS) is 24.3. The van der Waals surface area contributed by atoms with Crippen LogP contribution in [0.25, 0.3) is 6.08 Å². The molecular formula is C14H18BrNOS. The third-order valence-corrected chi connectivity index (χ3v) is 5.02. The number of hydrogen-bond donors (Lipinski definition) is 1. The summed E-state index contributed by atoms with van der Waals surface area (Å²) in [6.07, 6.45) is 8.39. The fourth-order valence-corrected chi connectivity index (χ4v) is 3.66. The number of halogens is 1. The second kappa shape index (κ2) is 6.53. The predicted molar refractivity (Wildman–Crippen MR) is 80.6 cm³/mol.